The summed E-state index contributed by atoms with van der Waals surface area (Å²) in [5.74, 6) is 2.33. The second-order valence-corrected chi connectivity index (χ2v) is 10.3. The number of ketones is 1. The third-order valence-electron chi connectivity index (χ3n) is 7.47. The molecule has 0 spiro atoms. The molecule has 1 saturated carbocycles. The number of Topliss-reactive ketones (excluding diaryl/α,β-unsaturated/α-hetero) is 1. The van der Waals surface area contributed by atoms with Crippen LogP contribution in [0.1, 0.15) is 75.0 Å². The topological polar surface area (TPSA) is 38.1 Å². The fourth-order valence-corrected chi connectivity index (χ4v) is 5.49. The molecule has 1 aliphatic heterocycles. The maximum absolute atomic E-state index is 12.3. The van der Waals surface area contributed by atoms with Crippen molar-refractivity contribution in [2.24, 2.45) is 17.8 Å². The van der Waals surface area contributed by atoms with Gasteiger partial charge in [-0.1, -0.05) is 38.1 Å². The van der Waals surface area contributed by atoms with Gasteiger partial charge in [-0.15, -0.1) is 0 Å². The highest BCUT2D eigenvalue weighted by Crippen LogP contribution is 2.37. The number of carbonyl (C=O) groups is 1. The van der Waals surface area contributed by atoms with Crippen LogP contribution in [0.5, 0.6) is 0 Å². The van der Waals surface area contributed by atoms with Gasteiger partial charge in [-0.05, 0) is 87.1 Å². The monoisotopic (exact) mass is 421 g/mol. The molecule has 2 aromatic rings. The first-order valence-electron chi connectivity index (χ1n) is 12.3. The van der Waals surface area contributed by atoms with Crippen LogP contribution in [0, 0.1) is 24.7 Å². The van der Waals surface area contributed by atoms with E-state index >= 15 is 0 Å². The second-order valence-electron chi connectivity index (χ2n) is 10.3. The Morgan fingerprint density at radius 1 is 1.03 bits per heavy atom. The Hall–Kier alpha value is -1.94. The van der Waals surface area contributed by atoms with Crippen LogP contribution in [0.3, 0.4) is 0 Å². The number of nitrogens with zero attached hydrogens (tertiary/aromatic N) is 3. The molecule has 1 aliphatic carbocycles. The highest BCUT2D eigenvalue weighted by atomic mass is 16.1. The van der Waals surface area contributed by atoms with Crippen molar-refractivity contribution >= 4 is 5.78 Å². The number of benzene rings is 1. The summed E-state index contributed by atoms with van der Waals surface area (Å²) in [5, 5.41) is 4.45. The van der Waals surface area contributed by atoms with Gasteiger partial charge in [0.1, 0.15) is 5.78 Å². The van der Waals surface area contributed by atoms with Gasteiger partial charge in [0, 0.05) is 31.1 Å². The molecular weight excluding hydrogens is 382 g/mol. The van der Waals surface area contributed by atoms with Crippen LogP contribution in [0.2, 0.25) is 0 Å². The van der Waals surface area contributed by atoms with Gasteiger partial charge in [-0.3, -0.25) is 14.4 Å². The maximum atomic E-state index is 12.3. The SMILES string of the molecule is Cc1cnn(CC2CCN(Cc3ccc([C@H]4CC[C@H](C(=O)C(C)C)CC4)cc3)CC2)c1. The molecule has 4 nitrogen and oxygen atoms in total. The van der Waals surface area contributed by atoms with E-state index in [1.807, 2.05) is 20.0 Å². The molecule has 168 valence electrons. The van der Waals surface area contributed by atoms with Gasteiger partial charge >= 0.3 is 0 Å². The predicted octanol–water partition coefficient (Wildman–Crippen LogP) is 5.60. The molecule has 0 bridgehead atoms. The second kappa shape index (κ2) is 10.1. The largest absolute Gasteiger partial charge is 0.299 e. The smallest absolute Gasteiger partial charge is 0.138 e. The Morgan fingerprint density at radius 3 is 2.29 bits per heavy atom. The van der Waals surface area contributed by atoms with Crippen LogP contribution < -0.4 is 0 Å². The van der Waals surface area contributed by atoms with Crippen LogP contribution in [-0.2, 0) is 17.9 Å². The van der Waals surface area contributed by atoms with E-state index < -0.39 is 0 Å². The Bertz CT molecular complexity index is 838. The highest BCUT2D eigenvalue weighted by Gasteiger charge is 2.28. The number of rotatable bonds is 7. The molecule has 0 atom stereocenters. The number of hydrogen-bond donors (Lipinski definition) is 0. The van der Waals surface area contributed by atoms with E-state index in [9.17, 15) is 4.79 Å². The minimum absolute atomic E-state index is 0.181. The summed E-state index contributed by atoms with van der Waals surface area (Å²) in [7, 11) is 0. The summed E-state index contributed by atoms with van der Waals surface area (Å²) in [5.41, 5.74) is 4.14. The van der Waals surface area contributed by atoms with E-state index in [-0.39, 0.29) is 5.92 Å². The average molecular weight is 422 g/mol. The number of likely N-dealkylation sites (tertiary alicyclic amines) is 1. The summed E-state index contributed by atoms with van der Waals surface area (Å²) in [6.07, 6.45) is 11.1. The fraction of sp³-hybridized carbons (Fsp3) is 0.630. The van der Waals surface area contributed by atoms with Crippen molar-refractivity contribution in [3.63, 3.8) is 0 Å². The zero-order valence-electron chi connectivity index (χ0n) is 19.6. The maximum Gasteiger partial charge on any atom is 0.138 e. The number of piperidine rings is 1. The molecule has 2 fully saturated rings. The Kier molecular flexibility index (Phi) is 7.27. The van der Waals surface area contributed by atoms with E-state index in [1.165, 1.54) is 42.6 Å². The van der Waals surface area contributed by atoms with E-state index in [1.54, 1.807) is 0 Å². The zero-order chi connectivity index (χ0) is 21.8. The summed E-state index contributed by atoms with van der Waals surface area (Å²) in [6, 6.07) is 9.35. The quantitative estimate of drug-likeness (QED) is 0.584. The van der Waals surface area contributed by atoms with Gasteiger partial charge < -0.3 is 0 Å². The number of carbonyl (C=O) groups excluding carboxylic acids is 1. The molecule has 1 aromatic carbocycles. The predicted molar refractivity (Wildman–Crippen MR) is 126 cm³/mol. The average Bonchev–Trinajstić information content (AvgIpc) is 3.19. The van der Waals surface area contributed by atoms with Crippen LogP contribution in [0.4, 0.5) is 0 Å². The van der Waals surface area contributed by atoms with Gasteiger partial charge in [0.2, 0.25) is 0 Å². The van der Waals surface area contributed by atoms with Crippen molar-refractivity contribution in [2.45, 2.75) is 78.3 Å². The third-order valence-corrected chi connectivity index (χ3v) is 7.47. The third kappa shape index (κ3) is 5.85. The van der Waals surface area contributed by atoms with Crippen molar-refractivity contribution in [2.75, 3.05) is 13.1 Å². The number of hydrogen-bond acceptors (Lipinski definition) is 3. The summed E-state index contributed by atoms with van der Waals surface area (Å²) >= 11 is 0. The lowest BCUT2D eigenvalue weighted by Gasteiger charge is -2.32. The van der Waals surface area contributed by atoms with Gasteiger partial charge in [0.05, 0.1) is 6.20 Å². The fourth-order valence-electron chi connectivity index (χ4n) is 5.49. The lowest BCUT2D eigenvalue weighted by Crippen LogP contribution is -2.34. The highest BCUT2D eigenvalue weighted by molar-refractivity contribution is 5.82. The first-order valence-corrected chi connectivity index (χ1v) is 12.3. The zero-order valence-corrected chi connectivity index (χ0v) is 19.6. The molecule has 2 heterocycles. The molecule has 0 amide bonds. The van der Waals surface area contributed by atoms with E-state index in [4.69, 9.17) is 0 Å². The van der Waals surface area contributed by atoms with Crippen molar-refractivity contribution in [3.05, 3.63) is 53.3 Å². The van der Waals surface area contributed by atoms with Crippen molar-refractivity contribution in [1.82, 2.24) is 14.7 Å². The summed E-state index contributed by atoms with van der Waals surface area (Å²) in [6.45, 7) is 10.7. The standard InChI is InChI=1S/C27H39N3O/c1-20(2)27(31)26-10-8-25(9-11-26)24-6-4-22(5-7-24)18-29-14-12-23(13-15-29)19-30-17-21(3)16-28-30/h4-7,16-17,20,23,25-26H,8-15,18-19H2,1-3H3/t25-,26-. The van der Waals surface area contributed by atoms with Crippen molar-refractivity contribution in [3.8, 4) is 0 Å². The first-order chi connectivity index (χ1) is 15.0. The lowest BCUT2D eigenvalue weighted by molar-refractivity contribution is -0.126. The van der Waals surface area contributed by atoms with Gasteiger partial charge in [0.15, 0.2) is 0 Å². The molecule has 0 radical (unpaired) electrons. The van der Waals surface area contributed by atoms with E-state index in [0.717, 1.165) is 44.7 Å². The Labute approximate surface area is 188 Å². The number of aryl methyl sites for hydroxylation is 1. The summed E-state index contributed by atoms with van der Waals surface area (Å²) in [4.78, 5) is 14.9. The van der Waals surface area contributed by atoms with Crippen molar-refractivity contribution in [1.29, 1.82) is 0 Å². The lowest BCUT2D eigenvalue weighted by atomic mass is 9.75. The van der Waals surface area contributed by atoms with E-state index in [2.05, 4.69) is 52.1 Å². The first kappa shape index (κ1) is 22.3. The van der Waals surface area contributed by atoms with Gasteiger partial charge in [0.25, 0.3) is 0 Å². The summed E-state index contributed by atoms with van der Waals surface area (Å²) < 4.78 is 2.11. The minimum Gasteiger partial charge on any atom is -0.299 e. The molecule has 1 saturated heterocycles. The van der Waals surface area contributed by atoms with Crippen LogP contribution in [0.25, 0.3) is 0 Å². The molecule has 0 unspecified atom stereocenters. The Balaban J connectivity index is 1.22. The molecule has 31 heavy (non-hydrogen) atoms. The van der Waals surface area contributed by atoms with E-state index in [0.29, 0.717) is 17.6 Å². The van der Waals surface area contributed by atoms with Crippen molar-refractivity contribution < 1.29 is 4.79 Å². The molecule has 1 aromatic heterocycles. The van der Waals surface area contributed by atoms with Crippen LogP contribution in [0.15, 0.2) is 36.7 Å². The molecule has 0 N–H and O–H groups in total. The number of aromatic nitrogens is 2. The molecule has 4 rings (SSSR count). The van der Waals surface area contributed by atoms with Gasteiger partial charge in [-0.2, -0.15) is 5.10 Å². The molecule has 2 aliphatic rings. The Morgan fingerprint density at radius 2 is 1.71 bits per heavy atom. The molecule has 4 heteroatoms. The normalized spacial score (nSPS) is 23.4. The van der Waals surface area contributed by atoms with Gasteiger partial charge in [-0.25, -0.2) is 0 Å². The van der Waals surface area contributed by atoms with Crippen LogP contribution in [-0.4, -0.2) is 33.6 Å². The minimum atomic E-state index is 0.181. The van der Waals surface area contributed by atoms with Crippen LogP contribution >= 0.6 is 0 Å². The molecular formula is C27H39N3O.